The Morgan fingerprint density at radius 2 is 2.47 bits per heavy atom. The number of carbonyl (C=O) groups excluding carboxylic acids is 1. The normalized spacial score (nSPS) is 24.6. The molecule has 2 N–H and O–H groups in total. The molecule has 2 atom stereocenters. The van der Waals surface area contributed by atoms with Crippen LogP contribution in [-0.4, -0.2) is 33.4 Å². The zero-order valence-electron chi connectivity index (χ0n) is 10.1. The fraction of sp³-hybridized carbons (Fsp3) is 0.667. The minimum atomic E-state index is -0.192. The van der Waals surface area contributed by atoms with Crippen molar-refractivity contribution >= 4 is 5.91 Å². The van der Waals surface area contributed by atoms with Crippen LogP contribution in [0, 0.1) is 5.92 Å². The average Bonchev–Trinajstić information content (AvgIpc) is 2.72. The number of carbonyl (C=O) groups is 1. The van der Waals surface area contributed by atoms with E-state index in [9.17, 15) is 9.90 Å². The Balaban J connectivity index is 1.82. The summed E-state index contributed by atoms with van der Waals surface area (Å²) in [6, 6.07) is 1.70. The van der Waals surface area contributed by atoms with E-state index in [2.05, 4.69) is 10.4 Å². The number of hydrogen-bond donors (Lipinski definition) is 2. The van der Waals surface area contributed by atoms with Crippen LogP contribution in [0.4, 0.5) is 0 Å². The molecular formula is C12H19N3O2. The highest BCUT2D eigenvalue weighted by Crippen LogP contribution is 2.23. The van der Waals surface area contributed by atoms with Crippen LogP contribution >= 0.6 is 0 Å². The van der Waals surface area contributed by atoms with Gasteiger partial charge >= 0.3 is 0 Å². The molecule has 0 aromatic carbocycles. The molecule has 1 amide bonds. The first-order valence-electron chi connectivity index (χ1n) is 6.11. The van der Waals surface area contributed by atoms with E-state index in [0.29, 0.717) is 18.2 Å². The molecule has 0 aliphatic heterocycles. The number of aryl methyl sites for hydroxylation is 1. The summed E-state index contributed by atoms with van der Waals surface area (Å²) in [4.78, 5) is 11.8. The molecule has 0 spiro atoms. The SMILES string of the molecule is Cn1nccc1C(=O)NCC1CCCC(O)C1. The van der Waals surface area contributed by atoms with Crippen molar-refractivity contribution in [1.82, 2.24) is 15.1 Å². The molecule has 1 fully saturated rings. The van der Waals surface area contributed by atoms with Crippen LogP contribution < -0.4 is 5.32 Å². The molecule has 0 bridgehead atoms. The summed E-state index contributed by atoms with van der Waals surface area (Å²) in [5, 5.41) is 16.4. The van der Waals surface area contributed by atoms with E-state index in [1.807, 2.05) is 0 Å². The second-order valence-electron chi connectivity index (χ2n) is 4.74. The van der Waals surface area contributed by atoms with E-state index in [-0.39, 0.29) is 12.0 Å². The van der Waals surface area contributed by atoms with Crippen molar-refractivity contribution in [2.75, 3.05) is 6.54 Å². The molecule has 5 heteroatoms. The zero-order chi connectivity index (χ0) is 12.3. The summed E-state index contributed by atoms with van der Waals surface area (Å²) in [5.74, 6) is 0.306. The highest BCUT2D eigenvalue weighted by Gasteiger charge is 2.21. The first-order chi connectivity index (χ1) is 8.16. The van der Waals surface area contributed by atoms with Gasteiger partial charge in [-0.3, -0.25) is 9.48 Å². The Morgan fingerprint density at radius 1 is 1.65 bits per heavy atom. The number of amides is 1. The highest BCUT2D eigenvalue weighted by atomic mass is 16.3. The number of aromatic nitrogens is 2. The molecule has 1 aromatic heterocycles. The fourth-order valence-corrected chi connectivity index (χ4v) is 2.37. The van der Waals surface area contributed by atoms with Gasteiger partial charge in [-0.1, -0.05) is 6.42 Å². The van der Waals surface area contributed by atoms with Gasteiger partial charge in [-0.2, -0.15) is 5.10 Å². The topological polar surface area (TPSA) is 67.2 Å². The van der Waals surface area contributed by atoms with Crippen LogP contribution in [0.1, 0.15) is 36.2 Å². The third kappa shape index (κ3) is 3.06. The molecule has 5 nitrogen and oxygen atoms in total. The molecule has 1 aromatic rings. The predicted molar refractivity (Wildman–Crippen MR) is 63.5 cm³/mol. The van der Waals surface area contributed by atoms with Gasteiger partial charge in [0.15, 0.2) is 0 Å². The van der Waals surface area contributed by atoms with Gasteiger partial charge < -0.3 is 10.4 Å². The Hall–Kier alpha value is -1.36. The summed E-state index contributed by atoms with van der Waals surface area (Å²) < 4.78 is 1.56. The third-order valence-corrected chi connectivity index (χ3v) is 3.36. The lowest BCUT2D eigenvalue weighted by Crippen LogP contribution is -2.33. The lowest BCUT2D eigenvalue weighted by Gasteiger charge is -2.25. The summed E-state index contributed by atoms with van der Waals surface area (Å²) in [6.07, 6.45) is 5.25. The highest BCUT2D eigenvalue weighted by molar-refractivity contribution is 5.92. The number of hydrogen-bond acceptors (Lipinski definition) is 3. The monoisotopic (exact) mass is 237 g/mol. The van der Waals surface area contributed by atoms with Crippen molar-refractivity contribution in [3.05, 3.63) is 18.0 Å². The van der Waals surface area contributed by atoms with Gasteiger partial charge in [-0.15, -0.1) is 0 Å². The predicted octanol–water partition coefficient (Wildman–Crippen LogP) is 0.701. The molecule has 94 valence electrons. The molecular weight excluding hydrogens is 218 g/mol. The quantitative estimate of drug-likeness (QED) is 0.813. The van der Waals surface area contributed by atoms with Crippen LogP contribution in [0.3, 0.4) is 0 Å². The van der Waals surface area contributed by atoms with Crippen LogP contribution in [0.5, 0.6) is 0 Å². The summed E-state index contributed by atoms with van der Waals surface area (Å²) in [7, 11) is 1.75. The molecule has 1 heterocycles. The van der Waals surface area contributed by atoms with Gasteiger partial charge in [0, 0.05) is 19.8 Å². The van der Waals surface area contributed by atoms with Crippen molar-refractivity contribution in [2.24, 2.45) is 13.0 Å². The second kappa shape index (κ2) is 5.31. The van der Waals surface area contributed by atoms with Gasteiger partial charge in [0.05, 0.1) is 6.10 Å². The third-order valence-electron chi connectivity index (χ3n) is 3.36. The van der Waals surface area contributed by atoms with E-state index in [1.54, 1.807) is 24.0 Å². The Morgan fingerprint density at radius 3 is 3.12 bits per heavy atom. The van der Waals surface area contributed by atoms with Crippen molar-refractivity contribution < 1.29 is 9.90 Å². The van der Waals surface area contributed by atoms with E-state index in [0.717, 1.165) is 25.7 Å². The molecule has 2 unspecified atom stereocenters. The van der Waals surface area contributed by atoms with Gasteiger partial charge in [-0.25, -0.2) is 0 Å². The van der Waals surface area contributed by atoms with Crippen LogP contribution in [0.2, 0.25) is 0 Å². The van der Waals surface area contributed by atoms with Crippen LogP contribution in [0.25, 0.3) is 0 Å². The fourth-order valence-electron chi connectivity index (χ4n) is 2.37. The van der Waals surface area contributed by atoms with Gasteiger partial charge in [0.25, 0.3) is 5.91 Å². The number of nitrogens with one attached hydrogen (secondary N) is 1. The minimum absolute atomic E-state index is 0.0925. The standard InChI is InChI=1S/C12H19N3O2/c1-15-11(5-6-14-15)12(17)13-8-9-3-2-4-10(16)7-9/h5-6,9-10,16H,2-4,7-8H2,1H3,(H,13,17). The number of nitrogens with zero attached hydrogens (tertiary/aromatic N) is 2. The van der Waals surface area contributed by atoms with Gasteiger partial charge in [0.1, 0.15) is 5.69 Å². The average molecular weight is 237 g/mol. The molecule has 1 aliphatic carbocycles. The largest absolute Gasteiger partial charge is 0.393 e. The van der Waals surface area contributed by atoms with Crippen LogP contribution in [-0.2, 0) is 7.05 Å². The molecule has 1 aliphatic rings. The maximum absolute atomic E-state index is 11.8. The van der Waals surface area contributed by atoms with Gasteiger partial charge in [0.2, 0.25) is 0 Å². The van der Waals surface area contributed by atoms with Crippen molar-refractivity contribution in [1.29, 1.82) is 0 Å². The van der Waals surface area contributed by atoms with E-state index in [1.165, 1.54) is 0 Å². The summed E-state index contributed by atoms with van der Waals surface area (Å²) >= 11 is 0. The first kappa shape index (κ1) is 12.1. The van der Waals surface area contributed by atoms with E-state index < -0.39 is 0 Å². The first-order valence-corrected chi connectivity index (χ1v) is 6.11. The number of aliphatic hydroxyl groups excluding tert-OH is 1. The molecule has 0 saturated heterocycles. The molecule has 1 saturated carbocycles. The number of rotatable bonds is 3. The van der Waals surface area contributed by atoms with Gasteiger partial charge in [-0.05, 0) is 31.2 Å². The van der Waals surface area contributed by atoms with E-state index >= 15 is 0 Å². The maximum Gasteiger partial charge on any atom is 0.269 e. The summed E-state index contributed by atoms with van der Waals surface area (Å²) in [6.45, 7) is 0.640. The Kier molecular flexibility index (Phi) is 3.78. The maximum atomic E-state index is 11.8. The van der Waals surface area contributed by atoms with Crippen molar-refractivity contribution in [2.45, 2.75) is 31.8 Å². The lowest BCUT2D eigenvalue weighted by molar-refractivity contribution is 0.0867. The number of aliphatic hydroxyl groups is 1. The van der Waals surface area contributed by atoms with Crippen LogP contribution in [0.15, 0.2) is 12.3 Å². The molecule has 0 radical (unpaired) electrons. The smallest absolute Gasteiger partial charge is 0.269 e. The van der Waals surface area contributed by atoms with Crippen molar-refractivity contribution in [3.63, 3.8) is 0 Å². The zero-order valence-corrected chi connectivity index (χ0v) is 10.1. The molecule has 2 rings (SSSR count). The Bertz CT molecular complexity index is 389. The Labute approximate surface area is 101 Å². The van der Waals surface area contributed by atoms with E-state index in [4.69, 9.17) is 0 Å². The van der Waals surface area contributed by atoms with Crippen molar-refractivity contribution in [3.8, 4) is 0 Å². The molecule has 17 heavy (non-hydrogen) atoms. The second-order valence-corrected chi connectivity index (χ2v) is 4.74. The minimum Gasteiger partial charge on any atom is -0.393 e. The summed E-state index contributed by atoms with van der Waals surface area (Å²) in [5.41, 5.74) is 0.571. The lowest BCUT2D eigenvalue weighted by atomic mass is 9.87.